The van der Waals surface area contributed by atoms with Gasteiger partial charge in [0.1, 0.15) is 0 Å². The minimum absolute atomic E-state index is 0.441. The van der Waals surface area contributed by atoms with Crippen molar-refractivity contribution in [3.63, 3.8) is 0 Å². The first-order valence-corrected chi connectivity index (χ1v) is 7.63. The number of hydrogen-bond acceptors (Lipinski definition) is 3. The number of para-hydroxylation sites is 1. The molecular weight excluding hydrogens is 290 g/mol. The molecule has 2 aromatic heterocycles. The van der Waals surface area contributed by atoms with Gasteiger partial charge in [-0.15, -0.1) is 11.3 Å². The normalized spacial score (nSPS) is 10.9. The van der Waals surface area contributed by atoms with Gasteiger partial charge in [-0.1, -0.05) is 31.2 Å². The Balaban J connectivity index is 2.37. The highest BCUT2D eigenvalue weighted by Crippen LogP contribution is 2.30. The number of aryl methyl sites for hydroxylation is 1. The van der Waals surface area contributed by atoms with Crippen LogP contribution in [0.2, 0.25) is 0 Å². The largest absolute Gasteiger partial charge is 0.276 e. The van der Waals surface area contributed by atoms with Gasteiger partial charge < -0.3 is 0 Å². The number of aromatic nitrogens is 1. The molecule has 3 aromatic rings. The maximum atomic E-state index is 11.7. The van der Waals surface area contributed by atoms with Crippen molar-refractivity contribution < 1.29 is 4.79 Å². The molecule has 0 aliphatic rings. The lowest BCUT2D eigenvalue weighted by Crippen LogP contribution is -1.97. The maximum absolute atomic E-state index is 11.7. The lowest BCUT2D eigenvalue weighted by molar-refractivity contribution is 0.108. The summed E-state index contributed by atoms with van der Waals surface area (Å²) in [6, 6.07) is 11.6. The smallest absolute Gasteiger partial charge is 0.253 e. The van der Waals surface area contributed by atoms with Crippen molar-refractivity contribution in [3.05, 3.63) is 52.9 Å². The van der Waals surface area contributed by atoms with Crippen molar-refractivity contribution in [1.82, 2.24) is 4.98 Å². The summed E-state index contributed by atoms with van der Waals surface area (Å²) in [6.45, 7) is 2.08. The van der Waals surface area contributed by atoms with Gasteiger partial charge >= 0.3 is 0 Å². The molecule has 0 spiro atoms. The van der Waals surface area contributed by atoms with Gasteiger partial charge in [-0.3, -0.25) is 4.79 Å². The summed E-state index contributed by atoms with van der Waals surface area (Å²) in [6.07, 6.45) is 0.869. The molecule has 4 heteroatoms. The Morgan fingerprint density at radius 2 is 2.15 bits per heavy atom. The average Bonchev–Trinajstić information content (AvgIpc) is 2.99. The van der Waals surface area contributed by atoms with E-state index in [-0.39, 0.29) is 0 Å². The zero-order chi connectivity index (χ0) is 14.1. The van der Waals surface area contributed by atoms with E-state index in [0.717, 1.165) is 33.5 Å². The van der Waals surface area contributed by atoms with Gasteiger partial charge in [0, 0.05) is 10.9 Å². The standard InChI is InChI=1S/C16H12ClNOS/c1-2-10-5-3-6-11-12(16(17)19)9-13(18-15(10)11)14-7-4-8-20-14/h3-9H,2H2,1H3. The van der Waals surface area contributed by atoms with Crippen molar-refractivity contribution >= 4 is 39.1 Å². The predicted octanol–water partition coefficient (Wildman–Crippen LogP) is 4.90. The van der Waals surface area contributed by atoms with E-state index in [2.05, 4.69) is 6.92 Å². The zero-order valence-electron chi connectivity index (χ0n) is 10.9. The monoisotopic (exact) mass is 301 g/mol. The molecule has 20 heavy (non-hydrogen) atoms. The minimum Gasteiger partial charge on any atom is -0.276 e. The van der Waals surface area contributed by atoms with Crippen molar-refractivity contribution in [2.45, 2.75) is 13.3 Å². The number of hydrogen-bond donors (Lipinski definition) is 0. The summed E-state index contributed by atoms with van der Waals surface area (Å²) in [5.41, 5.74) is 3.32. The molecule has 0 bridgehead atoms. The van der Waals surface area contributed by atoms with Crippen LogP contribution < -0.4 is 0 Å². The summed E-state index contributed by atoms with van der Waals surface area (Å²) in [7, 11) is 0. The summed E-state index contributed by atoms with van der Waals surface area (Å²) in [5.74, 6) is 0. The first-order chi connectivity index (χ1) is 9.70. The Hall–Kier alpha value is -1.71. The Kier molecular flexibility index (Phi) is 3.55. The van der Waals surface area contributed by atoms with Crippen LogP contribution in [-0.2, 0) is 6.42 Å². The number of carbonyl (C=O) groups is 1. The van der Waals surface area contributed by atoms with Gasteiger partial charge in [0.15, 0.2) is 0 Å². The molecule has 0 saturated heterocycles. The number of carbonyl (C=O) groups excluding carboxylic acids is 1. The maximum Gasteiger partial charge on any atom is 0.253 e. The lowest BCUT2D eigenvalue weighted by atomic mass is 10.0. The van der Waals surface area contributed by atoms with Crippen molar-refractivity contribution in [2.75, 3.05) is 0 Å². The van der Waals surface area contributed by atoms with Crippen molar-refractivity contribution in [2.24, 2.45) is 0 Å². The second kappa shape index (κ2) is 5.35. The van der Waals surface area contributed by atoms with Gasteiger partial charge in [0.25, 0.3) is 5.24 Å². The van der Waals surface area contributed by atoms with E-state index in [1.807, 2.05) is 35.7 Å². The van der Waals surface area contributed by atoms with E-state index in [0.29, 0.717) is 5.56 Å². The number of benzene rings is 1. The molecule has 0 unspecified atom stereocenters. The number of nitrogens with zero attached hydrogens (tertiary/aromatic N) is 1. The van der Waals surface area contributed by atoms with E-state index >= 15 is 0 Å². The molecular formula is C16H12ClNOS. The highest BCUT2D eigenvalue weighted by molar-refractivity contribution is 7.13. The summed E-state index contributed by atoms with van der Waals surface area (Å²) in [5, 5.41) is 2.38. The molecule has 0 N–H and O–H groups in total. The summed E-state index contributed by atoms with van der Waals surface area (Å²) in [4.78, 5) is 17.5. The quantitative estimate of drug-likeness (QED) is 0.644. The SMILES string of the molecule is CCc1cccc2c(C(=O)Cl)cc(-c3cccs3)nc12. The molecule has 100 valence electrons. The second-order valence-corrected chi connectivity index (χ2v) is 5.76. The van der Waals surface area contributed by atoms with Gasteiger partial charge in [-0.25, -0.2) is 4.98 Å². The molecule has 1 aromatic carbocycles. The highest BCUT2D eigenvalue weighted by Gasteiger charge is 2.14. The Labute approximate surface area is 126 Å². The van der Waals surface area contributed by atoms with E-state index in [1.54, 1.807) is 17.4 Å². The van der Waals surface area contributed by atoms with Crippen LogP contribution in [0.5, 0.6) is 0 Å². The molecule has 0 aliphatic heterocycles. The second-order valence-electron chi connectivity index (χ2n) is 4.47. The average molecular weight is 302 g/mol. The third-order valence-electron chi connectivity index (χ3n) is 3.29. The molecule has 2 nitrogen and oxygen atoms in total. The van der Waals surface area contributed by atoms with Crippen LogP contribution in [0.4, 0.5) is 0 Å². The van der Waals surface area contributed by atoms with Crippen molar-refractivity contribution in [3.8, 4) is 10.6 Å². The first kappa shape index (κ1) is 13.3. The van der Waals surface area contributed by atoms with Crippen LogP contribution in [-0.4, -0.2) is 10.2 Å². The minimum atomic E-state index is -0.441. The molecule has 0 radical (unpaired) electrons. The van der Waals surface area contributed by atoms with Crippen LogP contribution in [0.25, 0.3) is 21.5 Å². The highest BCUT2D eigenvalue weighted by atomic mass is 35.5. The number of halogens is 1. The van der Waals surface area contributed by atoms with Crippen LogP contribution in [0.3, 0.4) is 0 Å². The summed E-state index contributed by atoms with van der Waals surface area (Å²) < 4.78 is 0. The fourth-order valence-corrected chi connectivity index (χ4v) is 3.15. The van der Waals surface area contributed by atoms with Crippen LogP contribution in [0.15, 0.2) is 41.8 Å². The Morgan fingerprint density at radius 1 is 1.30 bits per heavy atom. The third kappa shape index (κ3) is 2.23. The molecule has 0 aliphatic carbocycles. The molecule has 0 atom stereocenters. The lowest BCUT2D eigenvalue weighted by Gasteiger charge is -2.09. The topological polar surface area (TPSA) is 30.0 Å². The van der Waals surface area contributed by atoms with Gasteiger partial charge in [-0.2, -0.15) is 0 Å². The zero-order valence-corrected chi connectivity index (χ0v) is 12.5. The first-order valence-electron chi connectivity index (χ1n) is 6.37. The fourth-order valence-electron chi connectivity index (χ4n) is 2.31. The van der Waals surface area contributed by atoms with Crippen LogP contribution >= 0.6 is 22.9 Å². The Morgan fingerprint density at radius 3 is 2.80 bits per heavy atom. The number of fused-ring (bicyclic) bond motifs is 1. The van der Waals surface area contributed by atoms with Crippen LogP contribution in [0, 0.1) is 0 Å². The number of thiophene rings is 1. The Bertz CT molecular complexity index is 781. The molecule has 3 rings (SSSR count). The number of pyridine rings is 1. The summed E-state index contributed by atoms with van der Waals surface area (Å²) >= 11 is 7.35. The number of rotatable bonds is 3. The van der Waals surface area contributed by atoms with Crippen LogP contribution in [0.1, 0.15) is 22.8 Å². The molecule has 0 fully saturated rings. The predicted molar refractivity (Wildman–Crippen MR) is 84.6 cm³/mol. The van der Waals surface area contributed by atoms with E-state index in [1.165, 1.54) is 0 Å². The van der Waals surface area contributed by atoms with Gasteiger partial charge in [0.05, 0.1) is 16.1 Å². The van der Waals surface area contributed by atoms with E-state index in [9.17, 15) is 4.79 Å². The molecule has 2 heterocycles. The molecule has 0 saturated carbocycles. The van der Waals surface area contributed by atoms with E-state index in [4.69, 9.17) is 16.6 Å². The van der Waals surface area contributed by atoms with Gasteiger partial charge in [-0.05, 0) is 41.1 Å². The third-order valence-corrected chi connectivity index (χ3v) is 4.39. The van der Waals surface area contributed by atoms with E-state index < -0.39 is 5.24 Å². The van der Waals surface area contributed by atoms with Gasteiger partial charge in [0.2, 0.25) is 0 Å². The van der Waals surface area contributed by atoms with Crippen molar-refractivity contribution in [1.29, 1.82) is 0 Å². The molecule has 0 amide bonds. The fraction of sp³-hybridized carbons (Fsp3) is 0.125.